The van der Waals surface area contributed by atoms with Crippen LogP contribution < -0.4 is 0 Å². The third-order valence-corrected chi connectivity index (χ3v) is 5.72. The first-order chi connectivity index (χ1) is 15.6. The van der Waals surface area contributed by atoms with Gasteiger partial charge in [0.25, 0.3) is 0 Å². The molecule has 5 heteroatoms. The predicted octanol–water partition coefficient (Wildman–Crippen LogP) is 6.00. The summed E-state index contributed by atoms with van der Waals surface area (Å²) >= 11 is 0. The van der Waals surface area contributed by atoms with Gasteiger partial charge in [0.2, 0.25) is 0 Å². The quantitative estimate of drug-likeness (QED) is 0.349. The molecule has 2 aromatic carbocycles. The first-order valence-electron chi connectivity index (χ1n) is 10.7. The Hall–Kier alpha value is -3.86. The Morgan fingerprint density at radius 1 is 0.844 bits per heavy atom. The standard InChI is InChI=1S/C27H23FN4/c1-18-4-3-5-22(14-18)26-19(2)15-20(16-30-26)6-11-24-27-31-17-25(32(27)13-12-29-24)21-7-9-23(28)10-8-21/h3-5,7-10,12-17H,6,11H2,1-2H3. The molecule has 0 N–H and O–H groups in total. The van der Waals surface area contributed by atoms with Crippen LogP contribution in [0, 0.1) is 19.7 Å². The largest absolute Gasteiger partial charge is 0.297 e. The highest BCUT2D eigenvalue weighted by Gasteiger charge is 2.11. The Kier molecular flexibility index (Phi) is 5.23. The van der Waals surface area contributed by atoms with E-state index in [4.69, 9.17) is 4.98 Å². The third kappa shape index (κ3) is 3.89. The molecule has 0 atom stereocenters. The first kappa shape index (κ1) is 20.1. The van der Waals surface area contributed by atoms with E-state index < -0.39 is 0 Å². The maximum atomic E-state index is 13.3. The normalized spacial score (nSPS) is 11.2. The molecular weight excluding hydrogens is 399 g/mol. The Morgan fingerprint density at radius 2 is 1.69 bits per heavy atom. The van der Waals surface area contributed by atoms with Gasteiger partial charge in [-0.1, -0.05) is 29.8 Å². The number of aromatic nitrogens is 4. The number of hydrogen-bond donors (Lipinski definition) is 0. The van der Waals surface area contributed by atoms with E-state index >= 15 is 0 Å². The fourth-order valence-electron chi connectivity index (χ4n) is 4.11. The van der Waals surface area contributed by atoms with Crippen LogP contribution in [0.2, 0.25) is 0 Å². The van der Waals surface area contributed by atoms with Crippen molar-refractivity contribution in [2.75, 3.05) is 0 Å². The second kappa shape index (κ2) is 8.35. The molecule has 0 bridgehead atoms. The lowest BCUT2D eigenvalue weighted by atomic mass is 10.0. The van der Waals surface area contributed by atoms with Gasteiger partial charge in [-0.3, -0.25) is 14.4 Å². The SMILES string of the molecule is Cc1cccc(-c2ncc(CCc3nccn4c(-c5ccc(F)cc5)cnc34)cc2C)c1. The number of fused-ring (bicyclic) bond motifs is 1. The van der Waals surface area contributed by atoms with Crippen molar-refractivity contribution in [3.63, 3.8) is 0 Å². The zero-order chi connectivity index (χ0) is 22.1. The van der Waals surface area contributed by atoms with E-state index in [1.165, 1.54) is 28.8 Å². The minimum atomic E-state index is -0.248. The van der Waals surface area contributed by atoms with E-state index in [2.05, 4.69) is 54.1 Å². The molecule has 0 fully saturated rings. The number of pyridine rings is 1. The summed E-state index contributed by atoms with van der Waals surface area (Å²) in [5.41, 5.74) is 9.33. The van der Waals surface area contributed by atoms with Gasteiger partial charge in [0.15, 0.2) is 5.65 Å². The van der Waals surface area contributed by atoms with Crippen molar-refractivity contribution < 1.29 is 4.39 Å². The summed E-state index contributed by atoms with van der Waals surface area (Å²) in [6.07, 6.45) is 9.05. The van der Waals surface area contributed by atoms with E-state index in [0.717, 1.165) is 46.7 Å². The number of imidazole rings is 1. The van der Waals surface area contributed by atoms with Crippen LogP contribution >= 0.6 is 0 Å². The molecule has 0 unspecified atom stereocenters. The fourth-order valence-corrected chi connectivity index (χ4v) is 4.11. The van der Waals surface area contributed by atoms with Gasteiger partial charge < -0.3 is 0 Å². The second-order valence-electron chi connectivity index (χ2n) is 8.10. The smallest absolute Gasteiger partial charge is 0.159 e. The van der Waals surface area contributed by atoms with Crippen molar-refractivity contribution in [3.8, 4) is 22.5 Å². The number of halogens is 1. The number of rotatable bonds is 5. The van der Waals surface area contributed by atoms with Crippen molar-refractivity contribution in [2.45, 2.75) is 26.7 Å². The molecule has 158 valence electrons. The van der Waals surface area contributed by atoms with Gasteiger partial charge in [-0.2, -0.15) is 0 Å². The van der Waals surface area contributed by atoms with Crippen LogP contribution in [0.1, 0.15) is 22.4 Å². The summed E-state index contributed by atoms with van der Waals surface area (Å²) < 4.78 is 15.3. The lowest BCUT2D eigenvalue weighted by Crippen LogP contribution is -2.01. The first-order valence-corrected chi connectivity index (χ1v) is 10.7. The van der Waals surface area contributed by atoms with E-state index in [9.17, 15) is 4.39 Å². The van der Waals surface area contributed by atoms with E-state index in [1.807, 2.05) is 23.0 Å². The zero-order valence-corrected chi connectivity index (χ0v) is 18.1. The molecule has 5 aromatic rings. The van der Waals surface area contributed by atoms with Crippen LogP contribution in [0.15, 0.2) is 79.4 Å². The maximum Gasteiger partial charge on any atom is 0.159 e. The minimum Gasteiger partial charge on any atom is -0.297 e. The van der Waals surface area contributed by atoms with Gasteiger partial charge in [-0.25, -0.2) is 9.37 Å². The zero-order valence-electron chi connectivity index (χ0n) is 18.1. The maximum absolute atomic E-state index is 13.3. The third-order valence-electron chi connectivity index (χ3n) is 5.72. The van der Waals surface area contributed by atoms with Crippen molar-refractivity contribution in [2.24, 2.45) is 0 Å². The second-order valence-corrected chi connectivity index (χ2v) is 8.10. The lowest BCUT2D eigenvalue weighted by Gasteiger charge is -2.09. The van der Waals surface area contributed by atoms with Crippen LogP contribution in [-0.2, 0) is 12.8 Å². The average molecular weight is 423 g/mol. The lowest BCUT2D eigenvalue weighted by molar-refractivity contribution is 0.628. The van der Waals surface area contributed by atoms with Crippen LogP contribution in [0.3, 0.4) is 0 Å². The monoisotopic (exact) mass is 422 g/mol. The van der Waals surface area contributed by atoms with E-state index in [1.54, 1.807) is 18.3 Å². The summed E-state index contributed by atoms with van der Waals surface area (Å²) in [6, 6.07) is 17.1. The molecule has 3 heterocycles. The number of hydrogen-bond acceptors (Lipinski definition) is 3. The molecule has 32 heavy (non-hydrogen) atoms. The van der Waals surface area contributed by atoms with Gasteiger partial charge >= 0.3 is 0 Å². The Labute approximate surface area is 186 Å². The molecule has 0 saturated heterocycles. The van der Waals surface area contributed by atoms with Gasteiger partial charge in [0.1, 0.15) is 5.82 Å². The van der Waals surface area contributed by atoms with E-state index in [0.29, 0.717) is 0 Å². The predicted molar refractivity (Wildman–Crippen MR) is 125 cm³/mol. The summed E-state index contributed by atoms with van der Waals surface area (Å²) in [4.78, 5) is 13.9. The van der Waals surface area contributed by atoms with Gasteiger partial charge in [-0.05, 0) is 68.1 Å². The molecule has 0 saturated carbocycles. The summed E-state index contributed by atoms with van der Waals surface area (Å²) in [6.45, 7) is 4.20. The molecule has 0 aliphatic rings. The Balaban J connectivity index is 1.39. The molecule has 0 radical (unpaired) electrons. The topological polar surface area (TPSA) is 43.1 Å². The minimum absolute atomic E-state index is 0.248. The number of aryl methyl sites for hydroxylation is 4. The van der Waals surface area contributed by atoms with Gasteiger partial charge in [-0.15, -0.1) is 0 Å². The molecule has 0 amide bonds. The van der Waals surface area contributed by atoms with Crippen molar-refractivity contribution >= 4 is 5.65 Å². The highest BCUT2D eigenvalue weighted by molar-refractivity contribution is 5.65. The molecule has 4 nitrogen and oxygen atoms in total. The molecule has 5 rings (SSSR count). The van der Waals surface area contributed by atoms with Crippen LogP contribution in [-0.4, -0.2) is 19.4 Å². The van der Waals surface area contributed by atoms with Crippen LogP contribution in [0.4, 0.5) is 4.39 Å². The average Bonchev–Trinajstić information content (AvgIpc) is 3.23. The van der Waals surface area contributed by atoms with Crippen LogP contribution in [0.5, 0.6) is 0 Å². The summed E-state index contributed by atoms with van der Waals surface area (Å²) in [5.74, 6) is -0.248. The van der Waals surface area contributed by atoms with Crippen molar-refractivity contribution in [1.29, 1.82) is 0 Å². The summed E-state index contributed by atoms with van der Waals surface area (Å²) in [7, 11) is 0. The highest BCUT2D eigenvalue weighted by Crippen LogP contribution is 2.24. The van der Waals surface area contributed by atoms with Crippen LogP contribution in [0.25, 0.3) is 28.2 Å². The highest BCUT2D eigenvalue weighted by atomic mass is 19.1. The van der Waals surface area contributed by atoms with Gasteiger partial charge in [0, 0.05) is 29.7 Å². The number of nitrogens with zero attached hydrogens (tertiary/aromatic N) is 4. The van der Waals surface area contributed by atoms with Gasteiger partial charge in [0.05, 0.1) is 23.3 Å². The summed E-state index contributed by atoms with van der Waals surface area (Å²) in [5, 5.41) is 0. The Bertz CT molecular complexity index is 1400. The molecule has 0 aliphatic heterocycles. The molecule has 3 aromatic heterocycles. The Morgan fingerprint density at radius 3 is 2.47 bits per heavy atom. The van der Waals surface area contributed by atoms with Crippen molar-refractivity contribution in [3.05, 3.63) is 108 Å². The fraction of sp³-hybridized carbons (Fsp3) is 0.148. The molecule has 0 aliphatic carbocycles. The number of benzene rings is 2. The van der Waals surface area contributed by atoms with Crippen molar-refractivity contribution in [1.82, 2.24) is 19.4 Å². The van der Waals surface area contributed by atoms with E-state index in [-0.39, 0.29) is 5.82 Å². The molecular formula is C27H23FN4. The molecule has 0 spiro atoms.